The number of pyridine rings is 1. The van der Waals surface area contributed by atoms with Crippen molar-refractivity contribution < 1.29 is 18.0 Å². The molecule has 0 fully saturated rings. The Kier molecular flexibility index (Phi) is 6.83. The molecule has 2 aromatic heterocycles. The minimum Gasteiger partial charge on any atom is -0.367 e. The summed E-state index contributed by atoms with van der Waals surface area (Å²) in [6.07, 6.45) is -2.08. The summed E-state index contributed by atoms with van der Waals surface area (Å²) in [5, 5.41) is 16.3. The average Bonchev–Trinajstić information content (AvgIpc) is 3.24. The topological polar surface area (TPSA) is 97.6 Å². The Balaban J connectivity index is 1.56. The molecule has 1 atom stereocenters. The molecule has 0 aliphatic heterocycles. The number of nitrogens with one attached hydrogen (secondary N) is 2. The smallest absolute Gasteiger partial charge is 0.367 e. The van der Waals surface area contributed by atoms with E-state index in [2.05, 4.69) is 31.1 Å². The summed E-state index contributed by atoms with van der Waals surface area (Å²) in [7, 11) is 0. The first-order valence-corrected chi connectivity index (χ1v) is 9.23. The van der Waals surface area contributed by atoms with Crippen LogP contribution in [0.5, 0.6) is 0 Å². The van der Waals surface area contributed by atoms with Crippen LogP contribution in [-0.4, -0.2) is 44.2 Å². The highest BCUT2D eigenvalue weighted by Crippen LogP contribution is 2.32. The van der Waals surface area contributed by atoms with Gasteiger partial charge in [0.05, 0.1) is 10.6 Å². The maximum absolute atomic E-state index is 12.7. The first-order chi connectivity index (χ1) is 14.3. The van der Waals surface area contributed by atoms with Crippen LogP contribution in [0, 0.1) is 0 Å². The van der Waals surface area contributed by atoms with E-state index >= 15 is 0 Å². The average molecular weight is 440 g/mol. The van der Waals surface area contributed by atoms with E-state index in [1.807, 2.05) is 30.3 Å². The molecule has 0 aliphatic carbocycles. The van der Waals surface area contributed by atoms with Crippen LogP contribution in [0.15, 0.2) is 48.9 Å². The Bertz CT molecular complexity index is 968. The minimum atomic E-state index is -4.52. The molecule has 0 unspecified atom stereocenters. The first-order valence-electron chi connectivity index (χ1n) is 8.85. The molecule has 0 bridgehead atoms. The maximum atomic E-state index is 12.7. The Hall–Kier alpha value is -3.21. The van der Waals surface area contributed by atoms with Gasteiger partial charge in [-0.15, -0.1) is 5.10 Å². The van der Waals surface area contributed by atoms with Gasteiger partial charge in [0.1, 0.15) is 18.2 Å². The molecular formula is C18H17ClF3N7O. The first kappa shape index (κ1) is 21.5. The molecule has 1 aromatic carbocycles. The summed E-state index contributed by atoms with van der Waals surface area (Å²) < 4.78 is 39.3. The number of alkyl halides is 3. The van der Waals surface area contributed by atoms with Crippen molar-refractivity contribution in [3.05, 3.63) is 65.1 Å². The molecule has 2 N–H and O–H groups in total. The molecule has 0 saturated heterocycles. The van der Waals surface area contributed by atoms with Crippen LogP contribution < -0.4 is 10.6 Å². The van der Waals surface area contributed by atoms with Gasteiger partial charge in [-0.25, -0.2) is 9.67 Å². The quantitative estimate of drug-likeness (QED) is 0.524. The number of aromatic nitrogens is 5. The maximum Gasteiger partial charge on any atom is 0.417 e. The van der Waals surface area contributed by atoms with Crippen molar-refractivity contribution in [3.63, 3.8) is 0 Å². The van der Waals surface area contributed by atoms with E-state index in [1.54, 1.807) is 0 Å². The molecule has 0 spiro atoms. The van der Waals surface area contributed by atoms with Crippen molar-refractivity contribution in [3.8, 4) is 0 Å². The fourth-order valence-electron chi connectivity index (χ4n) is 2.66. The van der Waals surface area contributed by atoms with E-state index in [0.717, 1.165) is 11.6 Å². The summed E-state index contributed by atoms with van der Waals surface area (Å²) in [6, 6.07) is 9.54. The van der Waals surface area contributed by atoms with Crippen LogP contribution in [0.2, 0.25) is 5.02 Å². The molecule has 0 aliphatic rings. The van der Waals surface area contributed by atoms with Gasteiger partial charge in [0.15, 0.2) is 0 Å². The SMILES string of the molecule is O=C(NCCNc1ncc(C(F)(F)F)cc1Cl)[C@H](Cc1ccccc1)n1cnnn1. The van der Waals surface area contributed by atoms with Crippen LogP contribution in [0.25, 0.3) is 0 Å². The lowest BCUT2D eigenvalue weighted by Crippen LogP contribution is -2.36. The third kappa shape index (κ3) is 5.66. The van der Waals surface area contributed by atoms with E-state index in [0.29, 0.717) is 12.6 Å². The monoisotopic (exact) mass is 439 g/mol. The lowest BCUT2D eigenvalue weighted by Gasteiger charge is -2.17. The molecule has 0 saturated carbocycles. The highest BCUT2D eigenvalue weighted by Gasteiger charge is 2.31. The van der Waals surface area contributed by atoms with E-state index in [-0.39, 0.29) is 29.8 Å². The van der Waals surface area contributed by atoms with Gasteiger partial charge in [-0.1, -0.05) is 41.9 Å². The molecule has 1 amide bonds. The number of tetrazole rings is 1. The van der Waals surface area contributed by atoms with Crippen LogP contribution in [0.1, 0.15) is 17.2 Å². The lowest BCUT2D eigenvalue weighted by atomic mass is 10.1. The van der Waals surface area contributed by atoms with Gasteiger partial charge in [0.2, 0.25) is 5.91 Å². The normalized spacial score (nSPS) is 12.4. The van der Waals surface area contributed by atoms with Crippen molar-refractivity contribution in [2.24, 2.45) is 0 Å². The Morgan fingerprint density at radius 2 is 1.97 bits per heavy atom. The molecule has 0 radical (unpaired) electrons. The highest BCUT2D eigenvalue weighted by molar-refractivity contribution is 6.32. The predicted octanol–water partition coefficient (Wildman–Crippen LogP) is 2.75. The second kappa shape index (κ2) is 9.53. The van der Waals surface area contributed by atoms with Gasteiger partial charge in [0.25, 0.3) is 0 Å². The van der Waals surface area contributed by atoms with Crippen molar-refractivity contribution in [1.82, 2.24) is 30.5 Å². The number of benzene rings is 1. The van der Waals surface area contributed by atoms with Crippen molar-refractivity contribution in [2.45, 2.75) is 18.6 Å². The number of halogens is 4. The zero-order valence-electron chi connectivity index (χ0n) is 15.5. The Labute approximate surface area is 174 Å². The van der Waals surface area contributed by atoms with Crippen LogP contribution in [0.4, 0.5) is 19.0 Å². The summed E-state index contributed by atoms with van der Waals surface area (Å²) >= 11 is 5.85. The Morgan fingerprint density at radius 1 is 1.20 bits per heavy atom. The molecular weight excluding hydrogens is 423 g/mol. The van der Waals surface area contributed by atoms with E-state index in [4.69, 9.17) is 11.6 Å². The number of hydrogen-bond donors (Lipinski definition) is 2. The largest absolute Gasteiger partial charge is 0.417 e. The summed E-state index contributed by atoms with van der Waals surface area (Å²) in [5.41, 5.74) is 0.00330. The molecule has 12 heteroatoms. The van der Waals surface area contributed by atoms with Crippen molar-refractivity contribution in [1.29, 1.82) is 0 Å². The summed E-state index contributed by atoms with van der Waals surface area (Å²) in [6.45, 7) is 0.392. The van der Waals surface area contributed by atoms with Gasteiger partial charge in [-0.05, 0) is 22.1 Å². The van der Waals surface area contributed by atoms with Gasteiger partial charge >= 0.3 is 6.18 Å². The van der Waals surface area contributed by atoms with Gasteiger partial charge < -0.3 is 10.6 Å². The molecule has 30 heavy (non-hydrogen) atoms. The molecule has 8 nitrogen and oxygen atoms in total. The molecule has 2 heterocycles. The zero-order chi connectivity index (χ0) is 21.6. The number of anilines is 1. The zero-order valence-corrected chi connectivity index (χ0v) is 16.2. The number of hydrogen-bond acceptors (Lipinski definition) is 6. The molecule has 3 rings (SSSR count). The van der Waals surface area contributed by atoms with E-state index in [9.17, 15) is 18.0 Å². The number of carbonyl (C=O) groups excluding carboxylic acids is 1. The minimum absolute atomic E-state index is 0.0974. The standard InChI is InChI=1S/C18H17ClF3N7O/c19-14-9-13(18(20,21)22)10-25-16(14)23-6-7-24-17(30)15(29-11-26-27-28-29)8-12-4-2-1-3-5-12/h1-5,9-11,15H,6-8H2,(H,23,25)(H,24,30)/t15-/m0/s1. The number of amides is 1. The summed E-state index contributed by atoms with van der Waals surface area (Å²) in [4.78, 5) is 16.3. The van der Waals surface area contributed by atoms with Gasteiger partial charge in [-0.2, -0.15) is 13.2 Å². The van der Waals surface area contributed by atoms with E-state index < -0.39 is 17.8 Å². The van der Waals surface area contributed by atoms with Crippen LogP contribution in [-0.2, 0) is 17.4 Å². The lowest BCUT2D eigenvalue weighted by molar-refractivity contribution is -0.137. The summed E-state index contributed by atoms with van der Waals surface area (Å²) in [5.74, 6) is -0.209. The third-order valence-electron chi connectivity index (χ3n) is 4.14. The number of nitrogens with zero attached hydrogens (tertiary/aromatic N) is 5. The molecule has 158 valence electrons. The number of rotatable bonds is 8. The third-order valence-corrected chi connectivity index (χ3v) is 4.43. The number of carbonyl (C=O) groups is 1. The fraction of sp³-hybridized carbons (Fsp3) is 0.278. The van der Waals surface area contributed by atoms with Gasteiger partial charge in [-0.3, -0.25) is 4.79 Å². The Morgan fingerprint density at radius 3 is 2.60 bits per heavy atom. The van der Waals surface area contributed by atoms with E-state index in [1.165, 1.54) is 11.0 Å². The van der Waals surface area contributed by atoms with Gasteiger partial charge in [0, 0.05) is 25.7 Å². The highest BCUT2D eigenvalue weighted by atomic mass is 35.5. The molecule has 3 aromatic rings. The van der Waals surface area contributed by atoms with Crippen LogP contribution in [0.3, 0.4) is 0 Å². The second-order valence-electron chi connectivity index (χ2n) is 6.27. The fourth-order valence-corrected chi connectivity index (χ4v) is 2.90. The second-order valence-corrected chi connectivity index (χ2v) is 6.67. The van der Waals surface area contributed by atoms with Crippen molar-refractivity contribution >= 4 is 23.3 Å². The van der Waals surface area contributed by atoms with Crippen molar-refractivity contribution in [2.75, 3.05) is 18.4 Å². The predicted molar refractivity (Wildman–Crippen MR) is 103 cm³/mol. The van der Waals surface area contributed by atoms with Crippen LogP contribution >= 0.6 is 11.6 Å².